The fourth-order valence-electron chi connectivity index (χ4n) is 4.60. The van der Waals surface area contributed by atoms with E-state index in [1.165, 1.54) is 17.1 Å². The smallest absolute Gasteiger partial charge is 0.340 e. The van der Waals surface area contributed by atoms with Crippen molar-refractivity contribution in [2.75, 3.05) is 18.3 Å². The summed E-state index contributed by atoms with van der Waals surface area (Å²) >= 11 is 0. The molecule has 0 saturated heterocycles. The predicted molar refractivity (Wildman–Crippen MR) is 130 cm³/mol. The normalized spacial score (nSPS) is 18.1. The number of hydrogen-bond acceptors (Lipinski definition) is 8. The Labute approximate surface area is 199 Å². The molecule has 0 amide bonds. The molecule has 0 bridgehead atoms. The zero-order chi connectivity index (χ0) is 25.2. The van der Waals surface area contributed by atoms with E-state index in [1.54, 1.807) is 6.07 Å². The minimum atomic E-state index is -4.35. The van der Waals surface area contributed by atoms with Crippen LogP contribution in [0.2, 0.25) is 0 Å². The molecule has 1 atom stereocenters. The van der Waals surface area contributed by atoms with E-state index < -0.39 is 20.4 Å². The Balaban J connectivity index is 1.74. The number of rotatable bonds is 3. The second-order valence-electron chi connectivity index (χ2n) is 9.98. The lowest BCUT2D eigenvalue weighted by Crippen LogP contribution is -2.33. The third-order valence-corrected chi connectivity index (χ3v) is 10.7. The molecule has 2 aliphatic heterocycles. The fraction of sp³-hybridized carbons (Fsp3) is 0.280. The van der Waals surface area contributed by atoms with Gasteiger partial charge in [-0.3, -0.25) is 4.79 Å². The Morgan fingerprint density at radius 3 is 2.51 bits per heavy atom. The summed E-state index contributed by atoms with van der Waals surface area (Å²) in [6.45, 7) is -0.0138. The van der Waals surface area contributed by atoms with Crippen LogP contribution in [0.25, 0.3) is 22.3 Å². The van der Waals surface area contributed by atoms with Crippen molar-refractivity contribution in [3.63, 3.8) is 0 Å². The first-order chi connectivity index (χ1) is 16.5. The summed E-state index contributed by atoms with van der Waals surface area (Å²) in [6, 6.07) is 9.02. The molecule has 2 aliphatic rings. The number of hydrogen-bond donors (Lipinski definition) is 1. The van der Waals surface area contributed by atoms with Crippen molar-refractivity contribution in [1.29, 1.82) is 15.8 Å². The molecule has 0 saturated carbocycles. The molecule has 10 heteroatoms. The number of ether oxygens (including phenoxy) is 1. The van der Waals surface area contributed by atoms with Crippen LogP contribution >= 0.6 is 8.29 Å². The summed E-state index contributed by atoms with van der Waals surface area (Å²) < 4.78 is 6.49. The van der Waals surface area contributed by atoms with Crippen LogP contribution in [-0.4, -0.2) is 38.9 Å². The van der Waals surface area contributed by atoms with Crippen molar-refractivity contribution in [3.8, 4) is 27.6 Å². The van der Waals surface area contributed by atoms with Gasteiger partial charge < -0.3 is 14.4 Å². The highest BCUT2D eigenvalue weighted by atomic mass is 32.4. The van der Waals surface area contributed by atoms with Crippen LogP contribution < -0.4 is 5.56 Å². The Hall–Kier alpha value is -4.17. The zero-order valence-corrected chi connectivity index (χ0v) is 19.9. The van der Waals surface area contributed by atoms with Crippen molar-refractivity contribution in [3.05, 3.63) is 62.9 Å². The van der Waals surface area contributed by atoms with E-state index in [4.69, 9.17) is 9.72 Å². The molecule has 0 aliphatic carbocycles. The van der Waals surface area contributed by atoms with E-state index in [0.717, 1.165) is 16.5 Å². The van der Waals surface area contributed by atoms with Crippen molar-refractivity contribution in [2.45, 2.75) is 25.7 Å². The molecule has 9 nitrogen and oxygen atoms in total. The maximum atomic E-state index is 13.3. The third-order valence-electron chi connectivity index (χ3n) is 7.06. The van der Waals surface area contributed by atoms with Gasteiger partial charge >= 0.3 is 5.97 Å². The van der Waals surface area contributed by atoms with Crippen LogP contribution in [0, 0.1) is 32.0 Å². The van der Waals surface area contributed by atoms with Crippen molar-refractivity contribution < 1.29 is 14.6 Å². The molecule has 5 rings (SSSR count). The fourth-order valence-corrected chi connectivity index (χ4v) is 5.92. The number of para-hydroxylation sites is 1. The number of pyridine rings is 2. The van der Waals surface area contributed by atoms with Crippen molar-refractivity contribution in [2.24, 2.45) is 0 Å². The third kappa shape index (κ3) is 3.06. The van der Waals surface area contributed by atoms with Gasteiger partial charge in [-0.25, -0.2) is 9.78 Å². The molecule has 2 aromatic heterocycles. The highest BCUT2D eigenvalue weighted by Gasteiger charge is 2.54. The summed E-state index contributed by atoms with van der Waals surface area (Å²) in [5, 5.41) is 47.3. The number of aryl methyl sites for hydroxylation is 1. The molecule has 1 unspecified atom stereocenters. The monoisotopic (exact) mass is 487 g/mol. The SMILES string of the molecule is CS(C)(C#N)(C#N)(C#N)CCc1c2c(nc3ccccc13)-c1cc3c(c(=O)n1C2)COC(=O)C3O. The number of fused-ring (bicyclic) bond motifs is 5. The lowest BCUT2D eigenvalue weighted by atomic mass is 9.97. The number of thiocyanates is 3. The van der Waals surface area contributed by atoms with Gasteiger partial charge in [0.1, 0.15) is 22.8 Å². The van der Waals surface area contributed by atoms with Crippen molar-refractivity contribution >= 4 is 25.2 Å². The molecule has 1 aromatic carbocycles. The Morgan fingerprint density at radius 2 is 1.83 bits per heavy atom. The van der Waals surface area contributed by atoms with Crippen LogP contribution in [0.15, 0.2) is 35.1 Å². The second kappa shape index (κ2) is 6.70. The number of nitriles is 3. The maximum Gasteiger partial charge on any atom is 0.340 e. The highest BCUT2D eigenvalue weighted by Crippen LogP contribution is 2.82. The molecule has 0 spiro atoms. The summed E-state index contributed by atoms with van der Waals surface area (Å²) in [5.41, 5.74) is 3.31. The molecular weight excluding hydrogens is 466 g/mol. The van der Waals surface area contributed by atoms with Gasteiger partial charge in [-0.1, -0.05) is 26.5 Å². The van der Waals surface area contributed by atoms with E-state index in [2.05, 4.69) is 16.2 Å². The highest BCUT2D eigenvalue weighted by molar-refractivity contribution is 8.73. The number of benzene rings is 1. The zero-order valence-electron chi connectivity index (χ0n) is 19.1. The van der Waals surface area contributed by atoms with E-state index >= 15 is 0 Å². The Morgan fingerprint density at radius 1 is 1.14 bits per heavy atom. The summed E-state index contributed by atoms with van der Waals surface area (Å²) in [5.74, 6) is -0.758. The van der Waals surface area contributed by atoms with Gasteiger partial charge in [0.15, 0.2) is 6.10 Å². The summed E-state index contributed by atoms with van der Waals surface area (Å²) in [7, 11) is -4.35. The molecule has 176 valence electrons. The number of aliphatic hydroxyl groups is 1. The average molecular weight is 488 g/mol. The molecule has 0 fully saturated rings. The maximum absolute atomic E-state index is 13.3. The number of aromatic nitrogens is 2. The summed E-state index contributed by atoms with van der Waals surface area (Å²) in [6.07, 6.45) is 1.65. The molecule has 1 N–H and O–H groups in total. The number of cyclic esters (lactones) is 1. The first kappa shape index (κ1) is 22.6. The van der Waals surface area contributed by atoms with Crippen molar-refractivity contribution in [1.82, 2.24) is 9.55 Å². The van der Waals surface area contributed by atoms with Gasteiger partial charge in [-0.15, -0.1) is 0 Å². The van der Waals surface area contributed by atoms with Gasteiger partial charge in [0.25, 0.3) is 5.56 Å². The van der Waals surface area contributed by atoms with E-state index in [1.807, 2.05) is 24.3 Å². The number of nitrogens with zero attached hydrogens (tertiary/aromatic N) is 5. The Kier molecular flexibility index (Phi) is 4.33. The number of carbonyl (C=O) groups is 1. The average Bonchev–Trinajstić information content (AvgIpc) is 3.24. The predicted octanol–water partition coefficient (Wildman–Crippen LogP) is 2.64. The van der Waals surface area contributed by atoms with Gasteiger partial charge in [0.05, 0.1) is 29.0 Å². The number of aliphatic hydroxyl groups excluding tert-OH is 1. The van der Waals surface area contributed by atoms with Gasteiger partial charge in [-0.05, 0) is 36.6 Å². The van der Waals surface area contributed by atoms with Crippen LogP contribution in [-0.2, 0) is 29.1 Å². The molecule has 4 heterocycles. The van der Waals surface area contributed by atoms with Crippen LogP contribution in [0.4, 0.5) is 0 Å². The topological polar surface area (TPSA) is 153 Å². The van der Waals surface area contributed by atoms with E-state index in [9.17, 15) is 30.5 Å². The number of carbonyl (C=O) groups excluding carboxylic acids is 1. The van der Waals surface area contributed by atoms with Crippen LogP contribution in [0.1, 0.15) is 28.4 Å². The minimum Gasteiger partial charge on any atom is -0.458 e. The second-order valence-corrected chi connectivity index (χ2v) is 16.8. The molecular formula is C25H21N5O4S. The molecule has 3 aromatic rings. The Bertz CT molecular complexity index is 1650. The molecule has 0 radical (unpaired) electrons. The van der Waals surface area contributed by atoms with E-state index in [0.29, 0.717) is 16.9 Å². The quantitative estimate of drug-likeness (QED) is 0.342. The van der Waals surface area contributed by atoms with Gasteiger partial charge in [0.2, 0.25) is 0 Å². The van der Waals surface area contributed by atoms with Gasteiger partial charge in [0, 0.05) is 22.3 Å². The molecule has 35 heavy (non-hydrogen) atoms. The first-order valence-electron chi connectivity index (χ1n) is 10.8. The van der Waals surface area contributed by atoms with Gasteiger partial charge in [-0.2, -0.15) is 15.8 Å². The summed E-state index contributed by atoms with van der Waals surface area (Å²) in [4.78, 5) is 30.0. The lowest BCUT2D eigenvalue weighted by molar-refractivity contribution is -0.157. The standard InChI is InChI=1S/C25H21N5O4S/c1-35(2,12-26,13-27,14-28)8-7-15-16-5-3-4-6-20(16)29-22-18(15)10-30-21(22)9-17-19(24(30)32)11-34-25(33)23(17)31/h3-6,9,23,31H,7-8,10-11H2,1-2H3. The number of esters is 1. The van der Waals surface area contributed by atoms with Crippen LogP contribution in [0.5, 0.6) is 0 Å². The minimum absolute atomic E-state index is 0.0484. The first-order valence-corrected chi connectivity index (χ1v) is 14.2. The van der Waals surface area contributed by atoms with Crippen LogP contribution in [0.3, 0.4) is 0 Å². The largest absolute Gasteiger partial charge is 0.458 e. The van der Waals surface area contributed by atoms with E-state index in [-0.39, 0.29) is 42.0 Å². The lowest BCUT2D eigenvalue weighted by Gasteiger charge is -2.54.